The topological polar surface area (TPSA) is 25.8 Å². The minimum atomic E-state index is 0.540. The molecule has 0 amide bonds. The fraction of sp³-hybridized carbons (Fsp3) is 0.333. The van der Waals surface area contributed by atoms with Crippen molar-refractivity contribution < 1.29 is 0 Å². The third-order valence-electron chi connectivity index (χ3n) is 2.69. The molecule has 0 unspecified atom stereocenters. The maximum atomic E-state index is 6.22. The van der Waals surface area contributed by atoms with Crippen molar-refractivity contribution in [2.24, 2.45) is 5.92 Å². The van der Waals surface area contributed by atoms with E-state index in [1.807, 2.05) is 24.3 Å². The van der Waals surface area contributed by atoms with Crippen molar-refractivity contribution >= 4 is 57.6 Å². The molecule has 0 atom stereocenters. The van der Waals surface area contributed by atoms with Gasteiger partial charge in [0.2, 0.25) is 0 Å². The zero-order chi connectivity index (χ0) is 15.4. The number of benzene rings is 1. The van der Waals surface area contributed by atoms with E-state index in [1.165, 1.54) is 0 Å². The highest BCUT2D eigenvalue weighted by Gasteiger charge is 2.12. The number of aromatic nitrogens is 2. The zero-order valence-electron chi connectivity index (χ0n) is 11.7. The van der Waals surface area contributed by atoms with Crippen LogP contribution in [0.15, 0.2) is 29.2 Å². The molecule has 0 saturated heterocycles. The zero-order valence-corrected chi connectivity index (χ0v) is 16.2. The normalized spacial score (nSPS) is 11.1. The molecule has 1 aromatic heterocycles. The molecule has 0 spiro atoms. The molecule has 21 heavy (non-hydrogen) atoms. The lowest BCUT2D eigenvalue weighted by Crippen LogP contribution is -2.06. The summed E-state index contributed by atoms with van der Waals surface area (Å²) in [6.45, 7) is 4.35. The van der Waals surface area contributed by atoms with E-state index in [0.29, 0.717) is 16.8 Å². The van der Waals surface area contributed by atoms with Crippen LogP contribution in [0.2, 0.25) is 10.2 Å². The smallest absolute Gasteiger partial charge is 0.146 e. The van der Waals surface area contributed by atoms with Crippen LogP contribution < -0.4 is 0 Å². The summed E-state index contributed by atoms with van der Waals surface area (Å²) in [7, 11) is 0. The van der Waals surface area contributed by atoms with Crippen molar-refractivity contribution in [2.75, 3.05) is 0 Å². The second kappa shape index (κ2) is 7.99. The van der Waals surface area contributed by atoms with Gasteiger partial charge in [0.15, 0.2) is 0 Å². The van der Waals surface area contributed by atoms with E-state index in [2.05, 4.69) is 46.4 Å². The number of thioether (sulfide) groups is 1. The third-order valence-corrected chi connectivity index (χ3v) is 5.64. The predicted molar refractivity (Wildman–Crippen MR) is 99.3 cm³/mol. The average Bonchev–Trinajstić information content (AvgIpc) is 2.41. The minimum absolute atomic E-state index is 0.540. The van der Waals surface area contributed by atoms with Gasteiger partial charge in [-0.2, -0.15) is 0 Å². The quantitative estimate of drug-likeness (QED) is 0.322. The summed E-state index contributed by atoms with van der Waals surface area (Å²) < 4.78 is 0.958. The average molecular weight is 453 g/mol. The van der Waals surface area contributed by atoms with Gasteiger partial charge < -0.3 is 0 Å². The number of rotatable bonds is 5. The molecular formula is C15H15Cl2IN2S. The fourth-order valence-electron chi connectivity index (χ4n) is 1.80. The number of halogens is 3. The van der Waals surface area contributed by atoms with E-state index in [1.54, 1.807) is 11.8 Å². The highest BCUT2D eigenvalue weighted by Crippen LogP contribution is 2.27. The van der Waals surface area contributed by atoms with E-state index < -0.39 is 0 Å². The molecule has 6 heteroatoms. The molecule has 0 saturated carbocycles. The van der Waals surface area contributed by atoms with E-state index in [4.69, 9.17) is 23.2 Å². The molecule has 0 fully saturated rings. The summed E-state index contributed by atoms with van der Waals surface area (Å²) in [6, 6.07) is 7.77. The molecule has 1 aromatic carbocycles. The summed E-state index contributed by atoms with van der Waals surface area (Å²) in [5.74, 6) is 1.99. The van der Waals surface area contributed by atoms with Crippen LogP contribution in [-0.2, 0) is 12.2 Å². The standard InChI is InChI=1S/C15H15Cl2IN2S/c1-9(2)6-12-14(18)15(17)20-13(19-12)8-21-11-5-3-4-10(16)7-11/h3-5,7,9H,6,8H2,1-2H3. The lowest BCUT2D eigenvalue weighted by atomic mass is 10.1. The highest BCUT2D eigenvalue weighted by molar-refractivity contribution is 14.1. The highest BCUT2D eigenvalue weighted by atomic mass is 127. The van der Waals surface area contributed by atoms with Crippen molar-refractivity contribution in [3.63, 3.8) is 0 Å². The van der Waals surface area contributed by atoms with Gasteiger partial charge in [-0.1, -0.05) is 43.1 Å². The van der Waals surface area contributed by atoms with E-state index in [0.717, 1.165) is 31.4 Å². The van der Waals surface area contributed by atoms with E-state index >= 15 is 0 Å². The van der Waals surface area contributed by atoms with Crippen molar-refractivity contribution in [1.29, 1.82) is 0 Å². The molecule has 112 valence electrons. The second-order valence-electron chi connectivity index (χ2n) is 5.04. The van der Waals surface area contributed by atoms with Gasteiger partial charge in [0.1, 0.15) is 11.0 Å². The van der Waals surface area contributed by atoms with Gasteiger partial charge in [0, 0.05) is 9.92 Å². The van der Waals surface area contributed by atoms with Crippen molar-refractivity contribution in [1.82, 2.24) is 9.97 Å². The Labute approximate surface area is 153 Å². The SMILES string of the molecule is CC(C)Cc1nc(CSc2cccc(Cl)c2)nc(Cl)c1I. The van der Waals surface area contributed by atoms with Crippen LogP contribution in [0.1, 0.15) is 25.4 Å². The van der Waals surface area contributed by atoms with Crippen LogP contribution in [0.5, 0.6) is 0 Å². The molecule has 2 nitrogen and oxygen atoms in total. The van der Waals surface area contributed by atoms with Crippen molar-refractivity contribution in [3.05, 3.63) is 49.5 Å². The van der Waals surface area contributed by atoms with Crippen LogP contribution in [-0.4, -0.2) is 9.97 Å². The summed E-state index contributed by atoms with van der Waals surface area (Å²) >= 11 is 16.1. The summed E-state index contributed by atoms with van der Waals surface area (Å²) in [6.07, 6.45) is 0.912. The first-order chi connectivity index (χ1) is 9.95. The van der Waals surface area contributed by atoms with Crippen LogP contribution >= 0.6 is 57.6 Å². The van der Waals surface area contributed by atoms with Crippen LogP contribution in [0.3, 0.4) is 0 Å². The molecule has 1 heterocycles. The van der Waals surface area contributed by atoms with Crippen LogP contribution in [0.25, 0.3) is 0 Å². The Hall–Kier alpha value is -0.0400. The Bertz CT molecular complexity index is 635. The van der Waals surface area contributed by atoms with Gasteiger partial charge in [-0.15, -0.1) is 11.8 Å². The lowest BCUT2D eigenvalue weighted by molar-refractivity contribution is 0.629. The number of hydrogen-bond donors (Lipinski definition) is 0. The van der Waals surface area contributed by atoms with Gasteiger partial charge in [-0.05, 0) is 53.1 Å². The first kappa shape index (κ1) is 17.3. The first-order valence-corrected chi connectivity index (χ1v) is 9.37. The van der Waals surface area contributed by atoms with Crippen LogP contribution in [0, 0.1) is 9.49 Å². The lowest BCUT2D eigenvalue weighted by Gasteiger charge is -2.10. The minimum Gasteiger partial charge on any atom is -0.236 e. The monoisotopic (exact) mass is 452 g/mol. The van der Waals surface area contributed by atoms with Crippen LogP contribution in [0.4, 0.5) is 0 Å². The number of nitrogens with zero attached hydrogens (tertiary/aromatic N) is 2. The Morgan fingerprint density at radius 1 is 1.24 bits per heavy atom. The van der Waals surface area contributed by atoms with Crippen molar-refractivity contribution in [3.8, 4) is 0 Å². The summed E-state index contributed by atoms with van der Waals surface area (Å²) in [5.41, 5.74) is 1.03. The Morgan fingerprint density at radius 3 is 2.67 bits per heavy atom. The second-order valence-corrected chi connectivity index (χ2v) is 7.96. The summed E-state index contributed by atoms with van der Waals surface area (Å²) in [5, 5.41) is 1.28. The molecule has 0 aliphatic rings. The predicted octanol–water partition coefficient (Wildman–Crippen LogP) is 5.88. The molecule has 0 aliphatic heterocycles. The van der Waals surface area contributed by atoms with E-state index in [-0.39, 0.29) is 0 Å². The first-order valence-electron chi connectivity index (χ1n) is 6.55. The molecule has 2 rings (SSSR count). The maximum Gasteiger partial charge on any atom is 0.146 e. The molecule has 0 radical (unpaired) electrons. The van der Waals surface area contributed by atoms with Gasteiger partial charge in [0.25, 0.3) is 0 Å². The van der Waals surface area contributed by atoms with Gasteiger partial charge in [0.05, 0.1) is 15.0 Å². The van der Waals surface area contributed by atoms with Gasteiger partial charge in [-0.25, -0.2) is 9.97 Å². The number of hydrogen-bond acceptors (Lipinski definition) is 3. The maximum absolute atomic E-state index is 6.22. The van der Waals surface area contributed by atoms with Crippen molar-refractivity contribution in [2.45, 2.75) is 30.9 Å². The molecule has 0 bridgehead atoms. The van der Waals surface area contributed by atoms with Gasteiger partial charge >= 0.3 is 0 Å². The summed E-state index contributed by atoms with van der Waals surface area (Å²) in [4.78, 5) is 10.1. The largest absolute Gasteiger partial charge is 0.236 e. The molecule has 0 N–H and O–H groups in total. The van der Waals surface area contributed by atoms with E-state index in [9.17, 15) is 0 Å². The molecular weight excluding hydrogens is 438 g/mol. The van der Waals surface area contributed by atoms with Gasteiger partial charge in [-0.3, -0.25) is 0 Å². The molecule has 0 aliphatic carbocycles. The third kappa shape index (κ3) is 5.27. The molecule has 2 aromatic rings. The Morgan fingerprint density at radius 2 is 2.00 bits per heavy atom. The Kier molecular flexibility index (Phi) is 6.59. The Balaban J connectivity index is 2.14. The fourth-order valence-corrected chi connectivity index (χ4v) is 3.54.